The SMILES string of the molecule is CC(O)CN(C)C(=O)C1CC(C)CC(N)C1. The maximum atomic E-state index is 12.1. The molecule has 4 unspecified atom stereocenters. The van der Waals surface area contributed by atoms with Gasteiger partial charge < -0.3 is 15.7 Å². The number of nitrogens with zero attached hydrogens (tertiary/aromatic N) is 1. The van der Waals surface area contributed by atoms with Crippen molar-refractivity contribution in [3.05, 3.63) is 0 Å². The van der Waals surface area contributed by atoms with Gasteiger partial charge in [-0.05, 0) is 32.1 Å². The summed E-state index contributed by atoms with van der Waals surface area (Å²) in [6.07, 6.45) is 2.26. The molecular formula is C12H24N2O2. The lowest BCUT2D eigenvalue weighted by molar-refractivity contribution is -0.137. The first-order valence-corrected chi connectivity index (χ1v) is 6.08. The summed E-state index contributed by atoms with van der Waals surface area (Å²) in [5, 5.41) is 9.26. The average molecular weight is 228 g/mol. The summed E-state index contributed by atoms with van der Waals surface area (Å²) in [6.45, 7) is 4.24. The smallest absolute Gasteiger partial charge is 0.225 e. The fourth-order valence-electron chi connectivity index (χ4n) is 2.66. The van der Waals surface area contributed by atoms with Crippen molar-refractivity contribution in [1.82, 2.24) is 4.90 Å². The summed E-state index contributed by atoms with van der Waals surface area (Å²) in [5.74, 6) is 0.697. The maximum Gasteiger partial charge on any atom is 0.225 e. The highest BCUT2D eigenvalue weighted by atomic mass is 16.3. The van der Waals surface area contributed by atoms with E-state index in [2.05, 4.69) is 6.92 Å². The normalized spacial score (nSPS) is 32.2. The number of hydrogen-bond acceptors (Lipinski definition) is 3. The first-order chi connectivity index (χ1) is 7.40. The molecule has 0 saturated heterocycles. The summed E-state index contributed by atoms with van der Waals surface area (Å²) < 4.78 is 0. The van der Waals surface area contributed by atoms with E-state index in [0.29, 0.717) is 12.5 Å². The van der Waals surface area contributed by atoms with Gasteiger partial charge in [0.05, 0.1) is 6.10 Å². The largest absolute Gasteiger partial charge is 0.392 e. The minimum Gasteiger partial charge on any atom is -0.392 e. The van der Waals surface area contributed by atoms with Crippen LogP contribution in [0.1, 0.15) is 33.1 Å². The molecule has 0 aliphatic heterocycles. The highest BCUT2D eigenvalue weighted by Crippen LogP contribution is 2.29. The van der Waals surface area contributed by atoms with Crippen molar-refractivity contribution in [2.45, 2.75) is 45.3 Å². The second kappa shape index (κ2) is 5.64. The van der Waals surface area contributed by atoms with Gasteiger partial charge in [0.1, 0.15) is 0 Å². The van der Waals surface area contributed by atoms with Gasteiger partial charge in [-0.25, -0.2) is 0 Å². The summed E-state index contributed by atoms with van der Waals surface area (Å²) in [7, 11) is 1.75. The van der Waals surface area contributed by atoms with Gasteiger partial charge in [-0.2, -0.15) is 0 Å². The van der Waals surface area contributed by atoms with Gasteiger partial charge in [0.2, 0.25) is 5.91 Å². The van der Waals surface area contributed by atoms with Crippen molar-refractivity contribution in [2.75, 3.05) is 13.6 Å². The number of rotatable bonds is 3. The Balaban J connectivity index is 2.52. The molecule has 0 radical (unpaired) electrons. The third-order valence-electron chi connectivity index (χ3n) is 3.24. The molecule has 0 aromatic heterocycles. The van der Waals surface area contributed by atoms with Crippen LogP contribution in [0.3, 0.4) is 0 Å². The van der Waals surface area contributed by atoms with Crippen LogP contribution in [0.2, 0.25) is 0 Å². The lowest BCUT2D eigenvalue weighted by Gasteiger charge is -2.33. The Hall–Kier alpha value is -0.610. The van der Waals surface area contributed by atoms with Crippen molar-refractivity contribution in [3.8, 4) is 0 Å². The molecule has 16 heavy (non-hydrogen) atoms. The molecule has 1 fully saturated rings. The quantitative estimate of drug-likeness (QED) is 0.743. The molecule has 1 saturated carbocycles. The summed E-state index contributed by atoms with van der Waals surface area (Å²) in [5.41, 5.74) is 5.93. The van der Waals surface area contributed by atoms with E-state index in [1.807, 2.05) is 0 Å². The summed E-state index contributed by atoms with van der Waals surface area (Å²) >= 11 is 0. The van der Waals surface area contributed by atoms with E-state index < -0.39 is 6.10 Å². The summed E-state index contributed by atoms with van der Waals surface area (Å²) in [6, 6.07) is 0.151. The number of carbonyl (C=O) groups excluding carboxylic acids is 1. The molecule has 4 nitrogen and oxygen atoms in total. The van der Waals surface area contributed by atoms with Crippen LogP contribution in [0.15, 0.2) is 0 Å². The van der Waals surface area contributed by atoms with Crippen molar-refractivity contribution in [2.24, 2.45) is 17.6 Å². The molecule has 4 heteroatoms. The minimum atomic E-state index is -0.469. The molecule has 4 atom stereocenters. The van der Waals surface area contributed by atoms with Gasteiger partial charge in [0.25, 0.3) is 0 Å². The van der Waals surface area contributed by atoms with Gasteiger partial charge in [-0.3, -0.25) is 4.79 Å². The highest BCUT2D eigenvalue weighted by Gasteiger charge is 2.31. The predicted octanol–water partition coefficient (Wildman–Crippen LogP) is 0.589. The van der Waals surface area contributed by atoms with Crippen molar-refractivity contribution in [3.63, 3.8) is 0 Å². The van der Waals surface area contributed by atoms with E-state index in [4.69, 9.17) is 5.73 Å². The Morgan fingerprint density at radius 2 is 2.12 bits per heavy atom. The van der Waals surface area contributed by atoms with Crippen LogP contribution in [-0.4, -0.2) is 41.7 Å². The van der Waals surface area contributed by atoms with Crippen LogP contribution in [0.25, 0.3) is 0 Å². The van der Waals surface area contributed by atoms with E-state index in [-0.39, 0.29) is 17.9 Å². The topological polar surface area (TPSA) is 66.6 Å². The molecule has 1 amide bonds. The van der Waals surface area contributed by atoms with Crippen LogP contribution in [0.4, 0.5) is 0 Å². The Bertz CT molecular complexity index is 233. The molecule has 0 spiro atoms. The molecular weight excluding hydrogens is 204 g/mol. The van der Waals surface area contributed by atoms with Crippen LogP contribution in [0, 0.1) is 11.8 Å². The van der Waals surface area contributed by atoms with Crippen LogP contribution < -0.4 is 5.73 Å². The first kappa shape index (κ1) is 13.5. The standard InChI is InChI=1S/C12H24N2O2/c1-8-4-10(6-11(13)5-8)12(16)14(3)7-9(2)15/h8-11,15H,4-7,13H2,1-3H3. The first-order valence-electron chi connectivity index (χ1n) is 6.08. The lowest BCUT2D eigenvalue weighted by atomic mass is 9.79. The molecule has 1 aliphatic rings. The van der Waals surface area contributed by atoms with Crippen LogP contribution in [-0.2, 0) is 4.79 Å². The molecule has 0 bridgehead atoms. The number of nitrogens with two attached hydrogens (primary N) is 1. The zero-order valence-corrected chi connectivity index (χ0v) is 10.5. The molecule has 0 aromatic carbocycles. The fourth-order valence-corrected chi connectivity index (χ4v) is 2.66. The van der Waals surface area contributed by atoms with Gasteiger partial charge in [-0.15, -0.1) is 0 Å². The highest BCUT2D eigenvalue weighted by molar-refractivity contribution is 5.78. The fraction of sp³-hybridized carbons (Fsp3) is 0.917. The molecule has 0 aromatic rings. The monoisotopic (exact) mass is 228 g/mol. The second-order valence-corrected chi connectivity index (χ2v) is 5.34. The number of aliphatic hydroxyl groups excluding tert-OH is 1. The van der Waals surface area contributed by atoms with Crippen LogP contribution in [0.5, 0.6) is 0 Å². The Morgan fingerprint density at radius 1 is 1.50 bits per heavy atom. The third kappa shape index (κ3) is 3.76. The van der Waals surface area contributed by atoms with Crippen molar-refractivity contribution >= 4 is 5.91 Å². The molecule has 94 valence electrons. The van der Waals surface area contributed by atoms with Gasteiger partial charge in [0.15, 0.2) is 0 Å². The number of amides is 1. The number of aliphatic hydroxyl groups is 1. The molecule has 0 heterocycles. The number of hydrogen-bond donors (Lipinski definition) is 2. The van der Waals surface area contributed by atoms with E-state index in [1.165, 1.54) is 0 Å². The molecule has 1 rings (SSSR count). The number of carbonyl (C=O) groups is 1. The van der Waals surface area contributed by atoms with E-state index in [9.17, 15) is 9.90 Å². The zero-order valence-electron chi connectivity index (χ0n) is 10.5. The minimum absolute atomic E-state index is 0.0440. The maximum absolute atomic E-state index is 12.1. The zero-order chi connectivity index (χ0) is 12.3. The third-order valence-corrected chi connectivity index (χ3v) is 3.24. The van der Waals surface area contributed by atoms with Gasteiger partial charge in [0, 0.05) is 25.6 Å². The molecule has 3 N–H and O–H groups in total. The lowest BCUT2D eigenvalue weighted by Crippen LogP contribution is -2.42. The van der Waals surface area contributed by atoms with Gasteiger partial charge >= 0.3 is 0 Å². The molecule has 1 aliphatic carbocycles. The van der Waals surface area contributed by atoms with E-state index in [0.717, 1.165) is 19.3 Å². The Labute approximate surface area is 97.8 Å². The second-order valence-electron chi connectivity index (χ2n) is 5.34. The Morgan fingerprint density at radius 3 is 2.62 bits per heavy atom. The van der Waals surface area contributed by atoms with Crippen molar-refractivity contribution < 1.29 is 9.90 Å². The van der Waals surface area contributed by atoms with Gasteiger partial charge in [-0.1, -0.05) is 6.92 Å². The van der Waals surface area contributed by atoms with E-state index in [1.54, 1.807) is 18.9 Å². The van der Waals surface area contributed by atoms with E-state index >= 15 is 0 Å². The predicted molar refractivity (Wildman–Crippen MR) is 63.8 cm³/mol. The summed E-state index contributed by atoms with van der Waals surface area (Å²) in [4.78, 5) is 13.7. The average Bonchev–Trinajstić information content (AvgIpc) is 2.13. The number of likely N-dealkylation sites (N-methyl/N-ethyl adjacent to an activating group) is 1. The van der Waals surface area contributed by atoms with Crippen molar-refractivity contribution in [1.29, 1.82) is 0 Å². The van der Waals surface area contributed by atoms with Crippen LogP contribution >= 0.6 is 0 Å². The Kier molecular flexibility index (Phi) is 4.74.